The molecule has 0 aromatic carbocycles. The SMILES string of the molecule is CN1CCN(S(N)(=O)=O)CC1.Cl. The number of nitrogens with two attached hydrogens (primary N) is 1. The Balaban J connectivity index is 0.00000121. The zero-order chi connectivity index (χ0) is 8.48. The highest BCUT2D eigenvalue weighted by Crippen LogP contribution is 2.01. The normalized spacial score (nSPS) is 21.8. The van der Waals surface area contributed by atoms with Gasteiger partial charge >= 0.3 is 0 Å². The summed E-state index contributed by atoms with van der Waals surface area (Å²) in [4.78, 5) is 2.07. The Morgan fingerprint density at radius 3 is 1.92 bits per heavy atom. The third-order valence-electron chi connectivity index (χ3n) is 1.82. The van der Waals surface area contributed by atoms with E-state index in [-0.39, 0.29) is 12.4 Å². The second-order valence-electron chi connectivity index (χ2n) is 2.75. The van der Waals surface area contributed by atoms with Crippen molar-refractivity contribution in [2.75, 3.05) is 33.2 Å². The van der Waals surface area contributed by atoms with Crippen molar-refractivity contribution in [1.82, 2.24) is 9.21 Å². The maximum Gasteiger partial charge on any atom is 0.276 e. The Bertz CT molecular complexity index is 223. The van der Waals surface area contributed by atoms with Crippen molar-refractivity contribution < 1.29 is 8.42 Å². The fourth-order valence-corrected chi connectivity index (χ4v) is 1.71. The number of rotatable bonds is 1. The third kappa shape index (κ3) is 3.24. The molecule has 2 N–H and O–H groups in total. The number of likely N-dealkylation sites (N-methyl/N-ethyl adjacent to an activating group) is 1. The number of hydrogen-bond acceptors (Lipinski definition) is 3. The molecule has 0 spiro atoms. The zero-order valence-corrected chi connectivity index (χ0v) is 8.57. The van der Waals surface area contributed by atoms with E-state index in [1.165, 1.54) is 4.31 Å². The molecule has 0 amide bonds. The van der Waals surface area contributed by atoms with Crippen molar-refractivity contribution in [3.8, 4) is 0 Å². The molecule has 1 aliphatic heterocycles. The predicted octanol–water partition coefficient (Wildman–Crippen LogP) is -1.14. The van der Waals surface area contributed by atoms with Gasteiger partial charge < -0.3 is 4.90 Å². The van der Waals surface area contributed by atoms with Crippen LogP contribution in [0.3, 0.4) is 0 Å². The van der Waals surface area contributed by atoms with Gasteiger partial charge in [-0.15, -0.1) is 12.4 Å². The first kappa shape index (κ1) is 12.1. The van der Waals surface area contributed by atoms with E-state index in [2.05, 4.69) is 4.90 Å². The van der Waals surface area contributed by atoms with E-state index in [0.29, 0.717) is 13.1 Å². The lowest BCUT2D eigenvalue weighted by atomic mass is 10.4. The molecule has 1 saturated heterocycles. The molecule has 7 heteroatoms. The van der Waals surface area contributed by atoms with Gasteiger partial charge in [-0.05, 0) is 7.05 Å². The molecule has 0 unspecified atom stereocenters. The summed E-state index contributed by atoms with van der Waals surface area (Å²) in [5, 5.41) is 4.94. The number of hydrogen-bond donors (Lipinski definition) is 1. The summed E-state index contributed by atoms with van der Waals surface area (Å²) in [6.07, 6.45) is 0. The van der Waals surface area contributed by atoms with Gasteiger partial charge in [0.1, 0.15) is 0 Å². The van der Waals surface area contributed by atoms with Gasteiger partial charge in [-0.2, -0.15) is 12.7 Å². The highest BCUT2D eigenvalue weighted by atomic mass is 35.5. The predicted molar refractivity (Wildman–Crippen MR) is 49.4 cm³/mol. The Labute approximate surface area is 79.1 Å². The molecule has 0 aromatic rings. The van der Waals surface area contributed by atoms with E-state index >= 15 is 0 Å². The van der Waals surface area contributed by atoms with Gasteiger partial charge in [0.15, 0.2) is 0 Å². The molecule has 1 aliphatic rings. The van der Waals surface area contributed by atoms with Crippen LogP contribution < -0.4 is 5.14 Å². The van der Waals surface area contributed by atoms with Crippen LogP contribution in [0.2, 0.25) is 0 Å². The molecule has 1 rings (SSSR count). The van der Waals surface area contributed by atoms with Crippen molar-refractivity contribution in [1.29, 1.82) is 0 Å². The van der Waals surface area contributed by atoms with Crippen LogP contribution in [0.15, 0.2) is 0 Å². The van der Waals surface area contributed by atoms with E-state index in [1.807, 2.05) is 7.05 Å². The lowest BCUT2D eigenvalue weighted by molar-refractivity contribution is 0.222. The number of halogens is 1. The van der Waals surface area contributed by atoms with Gasteiger partial charge in [0.05, 0.1) is 0 Å². The minimum Gasteiger partial charge on any atom is -0.304 e. The van der Waals surface area contributed by atoms with E-state index in [1.54, 1.807) is 0 Å². The average Bonchev–Trinajstić information content (AvgIpc) is 1.86. The molecule has 0 bridgehead atoms. The Hall–Kier alpha value is 0.120. The molecular weight excluding hydrogens is 202 g/mol. The van der Waals surface area contributed by atoms with Gasteiger partial charge in [0, 0.05) is 26.2 Å². The lowest BCUT2D eigenvalue weighted by Gasteiger charge is -2.29. The van der Waals surface area contributed by atoms with E-state index < -0.39 is 10.2 Å². The molecule has 0 atom stereocenters. The summed E-state index contributed by atoms with van der Waals surface area (Å²) in [7, 11) is -1.48. The summed E-state index contributed by atoms with van der Waals surface area (Å²) in [5.74, 6) is 0. The fourth-order valence-electron chi connectivity index (χ4n) is 1.04. The monoisotopic (exact) mass is 215 g/mol. The van der Waals surface area contributed by atoms with Crippen LogP contribution in [0.25, 0.3) is 0 Å². The van der Waals surface area contributed by atoms with Gasteiger partial charge in [-0.25, -0.2) is 5.14 Å². The van der Waals surface area contributed by atoms with Crippen LogP contribution in [0.5, 0.6) is 0 Å². The first-order valence-electron chi connectivity index (χ1n) is 3.46. The van der Waals surface area contributed by atoms with Crippen LogP contribution >= 0.6 is 12.4 Å². The highest BCUT2D eigenvalue weighted by molar-refractivity contribution is 7.86. The Kier molecular flexibility index (Phi) is 4.43. The number of nitrogens with zero attached hydrogens (tertiary/aromatic N) is 2. The Morgan fingerprint density at radius 2 is 1.58 bits per heavy atom. The summed E-state index contributed by atoms with van der Waals surface area (Å²) in [6.45, 7) is 2.54. The van der Waals surface area contributed by atoms with Crippen molar-refractivity contribution in [2.24, 2.45) is 5.14 Å². The van der Waals surface area contributed by atoms with Gasteiger partial charge in [-0.3, -0.25) is 0 Å². The van der Waals surface area contributed by atoms with Crippen LogP contribution in [0, 0.1) is 0 Å². The van der Waals surface area contributed by atoms with Crippen molar-refractivity contribution in [2.45, 2.75) is 0 Å². The highest BCUT2D eigenvalue weighted by Gasteiger charge is 2.21. The maximum atomic E-state index is 10.8. The average molecular weight is 216 g/mol. The molecule has 0 aliphatic carbocycles. The largest absolute Gasteiger partial charge is 0.304 e. The first-order chi connectivity index (χ1) is 5.00. The number of piperazine rings is 1. The summed E-state index contributed by atoms with van der Waals surface area (Å²) < 4.78 is 22.9. The second kappa shape index (κ2) is 4.38. The van der Waals surface area contributed by atoms with Gasteiger partial charge in [0.2, 0.25) is 0 Å². The van der Waals surface area contributed by atoms with E-state index in [4.69, 9.17) is 5.14 Å². The minimum atomic E-state index is -3.44. The topological polar surface area (TPSA) is 66.6 Å². The molecule has 0 aromatic heterocycles. The zero-order valence-electron chi connectivity index (χ0n) is 6.93. The summed E-state index contributed by atoms with van der Waals surface area (Å²) in [5.41, 5.74) is 0. The third-order valence-corrected chi connectivity index (χ3v) is 2.91. The molecule has 0 saturated carbocycles. The van der Waals surface area contributed by atoms with Gasteiger partial charge in [-0.1, -0.05) is 0 Å². The first-order valence-corrected chi connectivity index (χ1v) is 4.97. The maximum absolute atomic E-state index is 10.8. The molecular formula is C5H14ClN3O2S. The Morgan fingerprint density at radius 1 is 1.17 bits per heavy atom. The lowest BCUT2D eigenvalue weighted by Crippen LogP contribution is -2.49. The summed E-state index contributed by atoms with van der Waals surface area (Å²) in [6, 6.07) is 0. The van der Waals surface area contributed by atoms with Crippen molar-refractivity contribution in [3.05, 3.63) is 0 Å². The molecule has 1 fully saturated rings. The fraction of sp³-hybridized carbons (Fsp3) is 1.00. The molecule has 12 heavy (non-hydrogen) atoms. The molecule has 74 valence electrons. The van der Waals surface area contributed by atoms with Crippen molar-refractivity contribution in [3.63, 3.8) is 0 Å². The minimum absolute atomic E-state index is 0. The second-order valence-corrected chi connectivity index (χ2v) is 4.29. The van der Waals surface area contributed by atoms with Gasteiger partial charge in [0.25, 0.3) is 10.2 Å². The standard InChI is InChI=1S/C5H13N3O2S.ClH/c1-7-2-4-8(5-3-7)11(6,9)10;/h2-5H2,1H3,(H2,6,9,10);1H. The smallest absolute Gasteiger partial charge is 0.276 e. The van der Waals surface area contributed by atoms with Crippen LogP contribution in [0.4, 0.5) is 0 Å². The molecule has 5 nitrogen and oxygen atoms in total. The molecule has 1 heterocycles. The van der Waals surface area contributed by atoms with Crippen LogP contribution in [-0.4, -0.2) is 50.8 Å². The van der Waals surface area contributed by atoms with Crippen molar-refractivity contribution >= 4 is 22.6 Å². The quantitative estimate of drug-likeness (QED) is 0.602. The van der Waals surface area contributed by atoms with E-state index in [9.17, 15) is 8.42 Å². The molecule has 0 radical (unpaired) electrons. The van der Waals surface area contributed by atoms with Crippen LogP contribution in [0.1, 0.15) is 0 Å². The van der Waals surface area contributed by atoms with E-state index in [0.717, 1.165) is 13.1 Å². The summed E-state index contributed by atoms with van der Waals surface area (Å²) >= 11 is 0. The van der Waals surface area contributed by atoms with Crippen LogP contribution in [-0.2, 0) is 10.2 Å².